The van der Waals surface area contributed by atoms with Gasteiger partial charge in [-0.1, -0.05) is 12.1 Å². The molecule has 6 heteroatoms. The molecule has 116 valence electrons. The fourth-order valence-electron chi connectivity index (χ4n) is 2.06. The van der Waals surface area contributed by atoms with Crippen LogP contribution in [0.3, 0.4) is 0 Å². The Hall–Kier alpha value is -2.76. The fraction of sp³-hybridized carbons (Fsp3) is 0.250. The lowest BCUT2D eigenvalue weighted by Crippen LogP contribution is -2.10. The standard InChI is InChI=1S/C16H18N2O4/c1-10(11-7-8-13(21-2)14(9-11)22-3)17-15-6-4-5-12(18-15)16(19)20/h4-10H,1-3H3,(H,17,18)(H,19,20). The molecule has 0 saturated heterocycles. The van der Waals surface area contributed by atoms with Gasteiger partial charge < -0.3 is 19.9 Å². The predicted molar refractivity (Wildman–Crippen MR) is 82.8 cm³/mol. The first-order valence-electron chi connectivity index (χ1n) is 6.74. The zero-order valence-corrected chi connectivity index (χ0v) is 12.7. The molecular formula is C16H18N2O4. The van der Waals surface area contributed by atoms with Gasteiger partial charge in [0.05, 0.1) is 20.3 Å². The lowest BCUT2D eigenvalue weighted by atomic mass is 10.1. The summed E-state index contributed by atoms with van der Waals surface area (Å²) in [4.78, 5) is 15.0. The summed E-state index contributed by atoms with van der Waals surface area (Å²) in [6, 6.07) is 10.4. The molecule has 1 heterocycles. The van der Waals surface area contributed by atoms with Gasteiger partial charge in [0.2, 0.25) is 0 Å². The number of carboxylic acids is 1. The second-order valence-corrected chi connectivity index (χ2v) is 4.69. The molecule has 0 spiro atoms. The molecular weight excluding hydrogens is 284 g/mol. The minimum Gasteiger partial charge on any atom is -0.493 e. The molecule has 0 aliphatic rings. The predicted octanol–water partition coefficient (Wildman–Crippen LogP) is 2.97. The number of nitrogens with zero attached hydrogens (tertiary/aromatic N) is 1. The van der Waals surface area contributed by atoms with Crippen LogP contribution in [-0.2, 0) is 0 Å². The molecule has 1 atom stereocenters. The zero-order valence-electron chi connectivity index (χ0n) is 12.7. The van der Waals surface area contributed by atoms with Gasteiger partial charge in [-0.05, 0) is 36.8 Å². The Balaban J connectivity index is 2.20. The van der Waals surface area contributed by atoms with Crippen molar-refractivity contribution in [3.63, 3.8) is 0 Å². The molecule has 0 fully saturated rings. The number of rotatable bonds is 6. The van der Waals surface area contributed by atoms with Gasteiger partial charge in [-0.2, -0.15) is 0 Å². The van der Waals surface area contributed by atoms with Crippen LogP contribution in [-0.4, -0.2) is 30.3 Å². The van der Waals surface area contributed by atoms with Crippen molar-refractivity contribution in [3.05, 3.63) is 47.7 Å². The maximum absolute atomic E-state index is 10.9. The first kappa shape index (κ1) is 15.6. The Labute approximate surface area is 128 Å². The summed E-state index contributed by atoms with van der Waals surface area (Å²) in [6.45, 7) is 1.95. The Bertz CT molecular complexity index is 673. The van der Waals surface area contributed by atoms with Crippen molar-refractivity contribution in [1.29, 1.82) is 0 Å². The molecule has 0 aliphatic carbocycles. The zero-order chi connectivity index (χ0) is 16.1. The number of methoxy groups -OCH3 is 2. The summed E-state index contributed by atoms with van der Waals surface area (Å²) in [5.74, 6) is 0.745. The number of pyridine rings is 1. The molecule has 0 saturated carbocycles. The van der Waals surface area contributed by atoms with Gasteiger partial charge in [0.15, 0.2) is 17.2 Å². The maximum Gasteiger partial charge on any atom is 0.354 e. The Kier molecular flexibility index (Phi) is 4.83. The van der Waals surface area contributed by atoms with Crippen molar-refractivity contribution >= 4 is 11.8 Å². The molecule has 0 bridgehead atoms. The second-order valence-electron chi connectivity index (χ2n) is 4.69. The van der Waals surface area contributed by atoms with Crippen LogP contribution in [0.5, 0.6) is 11.5 Å². The van der Waals surface area contributed by atoms with Crippen LogP contribution >= 0.6 is 0 Å². The number of hydrogen-bond acceptors (Lipinski definition) is 5. The van der Waals surface area contributed by atoms with Gasteiger partial charge in [0, 0.05) is 0 Å². The van der Waals surface area contributed by atoms with Crippen molar-refractivity contribution in [2.24, 2.45) is 0 Å². The van der Waals surface area contributed by atoms with Crippen molar-refractivity contribution in [2.45, 2.75) is 13.0 Å². The van der Waals surface area contributed by atoms with Crippen LogP contribution in [0.15, 0.2) is 36.4 Å². The number of carboxylic acid groups (broad SMARTS) is 1. The molecule has 22 heavy (non-hydrogen) atoms. The van der Waals surface area contributed by atoms with Gasteiger partial charge >= 0.3 is 5.97 Å². The van der Waals surface area contributed by atoms with E-state index in [0.29, 0.717) is 17.3 Å². The summed E-state index contributed by atoms with van der Waals surface area (Å²) in [6.07, 6.45) is 0. The van der Waals surface area contributed by atoms with E-state index in [4.69, 9.17) is 14.6 Å². The minimum absolute atomic E-state index is 0.00418. The highest BCUT2D eigenvalue weighted by atomic mass is 16.5. The van der Waals surface area contributed by atoms with Gasteiger partial charge in [0.25, 0.3) is 0 Å². The van der Waals surface area contributed by atoms with Gasteiger partial charge in [-0.3, -0.25) is 0 Å². The number of aromatic nitrogens is 1. The van der Waals surface area contributed by atoms with Crippen LogP contribution in [0, 0.1) is 0 Å². The van der Waals surface area contributed by atoms with Crippen molar-refractivity contribution in [2.75, 3.05) is 19.5 Å². The lowest BCUT2D eigenvalue weighted by Gasteiger charge is -2.17. The third-order valence-electron chi connectivity index (χ3n) is 3.24. The van der Waals surface area contributed by atoms with Crippen molar-refractivity contribution in [1.82, 2.24) is 4.98 Å². The average Bonchev–Trinajstić information content (AvgIpc) is 2.54. The fourth-order valence-corrected chi connectivity index (χ4v) is 2.06. The molecule has 1 aromatic heterocycles. The van der Waals surface area contributed by atoms with E-state index < -0.39 is 5.97 Å². The quantitative estimate of drug-likeness (QED) is 0.854. The highest BCUT2D eigenvalue weighted by molar-refractivity contribution is 5.85. The molecule has 2 rings (SSSR count). The van der Waals surface area contributed by atoms with Gasteiger partial charge in [-0.25, -0.2) is 9.78 Å². The van der Waals surface area contributed by atoms with Crippen molar-refractivity contribution < 1.29 is 19.4 Å². The molecule has 6 nitrogen and oxygen atoms in total. The minimum atomic E-state index is -1.05. The number of hydrogen-bond donors (Lipinski definition) is 2. The summed E-state index contributed by atoms with van der Waals surface area (Å²) in [5, 5.41) is 12.1. The van der Waals surface area contributed by atoms with Crippen LogP contribution in [0.2, 0.25) is 0 Å². The molecule has 2 aromatic rings. The SMILES string of the molecule is COc1ccc(C(C)Nc2cccc(C(=O)O)n2)cc1OC. The molecule has 0 radical (unpaired) electrons. The molecule has 1 unspecified atom stereocenters. The Morgan fingerprint density at radius 2 is 1.91 bits per heavy atom. The van der Waals surface area contributed by atoms with Crippen LogP contribution < -0.4 is 14.8 Å². The third-order valence-corrected chi connectivity index (χ3v) is 3.24. The van der Waals surface area contributed by atoms with Gasteiger partial charge in [-0.15, -0.1) is 0 Å². The highest BCUT2D eigenvalue weighted by Gasteiger charge is 2.12. The van der Waals surface area contributed by atoms with E-state index in [-0.39, 0.29) is 11.7 Å². The van der Waals surface area contributed by atoms with Gasteiger partial charge in [0.1, 0.15) is 5.82 Å². The molecule has 2 N–H and O–H groups in total. The first-order chi connectivity index (χ1) is 10.5. The number of nitrogens with one attached hydrogen (secondary N) is 1. The smallest absolute Gasteiger partial charge is 0.354 e. The van der Waals surface area contributed by atoms with E-state index in [1.54, 1.807) is 26.4 Å². The van der Waals surface area contributed by atoms with Crippen LogP contribution in [0.25, 0.3) is 0 Å². The van der Waals surface area contributed by atoms with E-state index >= 15 is 0 Å². The van der Waals surface area contributed by atoms with E-state index in [1.165, 1.54) is 6.07 Å². The monoisotopic (exact) mass is 302 g/mol. The topological polar surface area (TPSA) is 80.7 Å². The number of aromatic carboxylic acids is 1. The van der Waals surface area contributed by atoms with E-state index in [0.717, 1.165) is 5.56 Å². The number of carbonyl (C=O) groups is 1. The molecule has 0 amide bonds. The second kappa shape index (κ2) is 6.80. The summed E-state index contributed by atoms with van der Waals surface area (Å²) in [5.41, 5.74) is 0.977. The van der Waals surface area contributed by atoms with Crippen LogP contribution in [0.4, 0.5) is 5.82 Å². The van der Waals surface area contributed by atoms with Crippen LogP contribution in [0.1, 0.15) is 29.0 Å². The largest absolute Gasteiger partial charge is 0.493 e. The normalized spacial score (nSPS) is 11.6. The van der Waals surface area contributed by atoms with E-state index in [1.807, 2.05) is 25.1 Å². The third kappa shape index (κ3) is 3.46. The summed E-state index contributed by atoms with van der Waals surface area (Å²) < 4.78 is 10.5. The summed E-state index contributed by atoms with van der Waals surface area (Å²) in [7, 11) is 3.16. The molecule has 0 aliphatic heterocycles. The van der Waals surface area contributed by atoms with Crippen molar-refractivity contribution in [3.8, 4) is 11.5 Å². The Morgan fingerprint density at radius 3 is 2.55 bits per heavy atom. The lowest BCUT2D eigenvalue weighted by molar-refractivity contribution is 0.0690. The number of benzene rings is 1. The number of anilines is 1. The molecule has 1 aromatic carbocycles. The van der Waals surface area contributed by atoms with E-state index in [9.17, 15) is 4.79 Å². The maximum atomic E-state index is 10.9. The highest BCUT2D eigenvalue weighted by Crippen LogP contribution is 2.30. The Morgan fingerprint density at radius 1 is 1.18 bits per heavy atom. The average molecular weight is 302 g/mol. The number of ether oxygens (including phenoxy) is 2. The first-order valence-corrected chi connectivity index (χ1v) is 6.74. The van der Waals surface area contributed by atoms with E-state index in [2.05, 4.69) is 10.3 Å². The summed E-state index contributed by atoms with van der Waals surface area (Å²) >= 11 is 0.